The van der Waals surface area contributed by atoms with E-state index in [0.29, 0.717) is 0 Å². The Balaban J connectivity index is 1.51. The highest BCUT2D eigenvalue weighted by Gasteiger charge is 2.29. The minimum atomic E-state index is -0.218. The highest BCUT2D eigenvalue weighted by atomic mass is 19.1. The van der Waals surface area contributed by atoms with Gasteiger partial charge in [-0.25, -0.2) is 4.39 Å². The van der Waals surface area contributed by atoms with Gasteiger partial charge in [-0.15, -0.1) is 0 Å². The minimum absolute atomic E-state index is 0.0945. The van der Waals surface area contributed by atoms with Crippen LogP contribution in [0.25, 0.3) is 0 Å². The fourth-order valence-corrected chi connectivity index (χ4v) is 3.78. The van der Waals surface area contributed by atoms with Crippen LogP contribution in [0.5, 0.6) is 0 Å². The van der Waals surface area contributed by atoms with Gasteiger partial charge in [-0.2, -0.15) is 0 Å². The van der Waals surface area contributed by atoms with Gasteiger partial charge in [0.05, 0.1) is 6.10 Å². The van der Waals surface area contributed by atoms with Gasteiger partial charge in [0.2, 0.25) is 5.91 Å². The van der Waals surface area contributed by atoms with Crippen LogP contribution in [-0.4, -0.2) is 53.1 Å². The van der Waals surface area contributed by atoms with E-state index < -0.39 is 0 Å². The van der Waals surface area contributed by atoms with Crippen LogP contribution in [0.15, 0.2) is 24.3 Å². The van der Waals surface area contributed by atoms with E-state index >= 15 is 0 Å². The zero-order chi connectivity index (χ0) is 16.9. The lowest BCUT2D eigenvalue weighted by Crippen LogP contribution is -2.40. The number of amides is 1. The zero-order valence-electron chi connectivity index (χ0n) is 14.2. The average molecular weight is 334 g/mol. The molecule has 1 saturated heterocycles. The highest BCUT2D eigenvalue weighted by molar-refractivity contribution is 5.79. The van der Waals surface area contributed by atoms with E-state index in [4.69, 9.17) is 0 Å². The zero-order valence-corrected chi connectivity index (χ0v) is 14.2. The Kier molecular flexibility index (Phi) is 5.85. The Hall–Kier alpha value is -1.46. The molecule has 1 aliphatic heterocycles. The van der Waals surface area contributed by atoms with Crippen molar-refractivity contribution in [2.24, 2.45) is 5.92 Å². The number of carbonyl (C=O) groups is 1. The SMILES string of the molecule is O=C(C1CCC(O)CC1)N1CCCN(Cc2ccc(F)cc2)CC1. The van der Waals surface area contributed by atoms with E-state index in [1.807, 2.05) is 17.0 Å². The van der Waals surface area contributed by atoms with E-state index in [1.54, 1.807) is 0 Å². The summed E-state index contributed by atoms with van der Waals surface area (Å²) < 4.78 is 13.0. The van der Waals surface area contributed by atoms with Crippen molar-refractivity contribution in [2.75, 3.05) is 26.2 Å². The maximum absolute atomic E-state index is 13.0. The molecule has 0 aromatic heterocycles. The quantitative estimate of drug-likeness (QED) is 0.923. The van der Waals surface area contributed by atoms with Gasteiger partial charge < -0.3 is 10.0 Å². The standard InChI is InChI=1S/C19H27FN2O2/c20-17-6-2-15(3-7-17)14-21-10-1-11-22(13-12-21)19(24)16-4-8-18(23)9-5-16/h2-3,6-7,16,18,23H,1,4-5,8-14H2. The van der Waals surface area contributed by atoms with Crippen LogP contribution in [0.2, 0.25) is 0 Å². The lowest BCUT2D eigenvalue weighted by molar-refractivity contribution is -0.137. The number of hydrogen-bond acceptors (Lipinski definition) is 3. The third kappa shape index (κ3) is 4.54. The van der Waals surface area contributed by atoms with E-state index in [-0.39, 0.29) is 23.7 Å². The van der Waals surface area contributed by atoms with Crippen molar-refractivity contribution in [3.63, 3.8) is 0 Å². The Morgan fingerprint density at radius 1 is 1.04 bits per heavy atom. The van der Waals surface area contributed by atoms with Crippen LogP contribution >= 0.6 is 0 Å². The summed E-state index contributed by atoms with van der Waals surface area (Å²) in [4.78, 5) is 17.0. The topological polar surface area (TPSA) is 43.8 Å². The Morgan fingerprint density at radius 2 is 1.75 bits per heavy atom. The summed E-state index contributed by atoms with van der Waals surface area (Å²) in [6.45, 7) is 4.21. The number of aliphatic hydroxyl groups excluding tert-OH is 1. The van der Waals surface area contributed by atoms with Crippen LogP contribution in [0.4, 0.5) is 4.39 Å². The number of nitrogens with zero attached hydrogens (tertiary/aromatic N) is 2. The van der Waals surface area contributed by atoms with E-state index in [1.165, 1.54) is 12.1 Å². The molecule has 1 aromatic rings. The van der Waals surface area contributed by atoms with Gasteiger partial charge in [-0.05, 0) is 49.8 Å². The Morgan fingerprint density at radius 3 is 2.46 bits per heavy atom. The molecule has 1 aromatic carbocycles. The van der Waals surface area contributed by atoms with Crippen LogP contribution < -0.4 is 0 Å². The van der Waals surface area contributed by atoms with Gasteiger partial charge >= 0.3 is 0 Å². The fourth-order valence-electron chi connectivity index (χ4n) is 3.78. The number of rotatable bonds is 3. The minimum Gasteiger partial charge on any atom is -0.393 e. The molecule has 2 aliphatic rings. The molecule has 1 N–H and O–H groups in total. The Labute approximate surface area is 143 Å². The van der Waals surface area contributed by atoms with Gasteiger partial charge in [-0.3, -0.25) is 9.69 Å². The normalized spacial score (nSPS) is 26.2. The van der Waals surface area contributed by atoms with Crippen molar-refractivity contribution >= 4 is 5.91 Å². The molecular formula is C19H27FN2O2. The molecule has 2 fully saturated rings. The summed E-state index contributed by atoms with van der Waals surface area (Å²) in [6.07, 6.45) is 3.89. The van der Waals surface area contributed by atoms with Crippen LogP contribution in [0, 0.1) is 11.7 Å². The maximum atomic E-state index is 13.0. The molecule has 0 unspecified atom stereocenters. The van der Waals surface area contributed by atoms with Crippen molar-refractivity contribution < 1.29 is 14.3 Å². The molecule has 4 nitrogen and oxygen atoms in total. The monoisotopic (exact) mass is 334 g/mol. The first-order valence-corrected chi connectivity index (χ1v) is 9.05. The van der Waals surface area contributed by atoms with Gasteiger partial charge in [0.1, 0.15) is 5.82 Å². The van der Waals surface area contributed by atoms with Crippen LogP contribution in [0.3, 0.4) is 0 Å². The fraction of sp³-hybridized carbons (Fsp3) is 0.632. The number of halogens is 1. The summed E-state index contributed by atoms with van der Waals surface area (Å²) in [6, 6.07) is 6.66. The molecule has 5 heteroatoms. The van der Waals surface area contributed by atoms with Crippen molar-refractivity contribution in [2.45, 2.75) is 44.8 Å². The van der Waals surface area contributed by atoms with Crippen molar-refractivity contribution in [1.29, 1.82) is 0 Å². The average Bonchev–Trinajstić information content (AvgIpc) is 2.83. The molecule has 24 heavy (non-hydrogen) atoms. The third-order valence-corrected chi connectivity index (χ3v) is 5.27. The van der Waals surface area contributed by atoms with Gasteiger partial charge in [0, 0.05) is 38.6 Å². The molecule has 132 valence electrons. The van der Waals surface area contributed by atoms with Gasteiger partial charge in [0.15, 0.2) is 0 Å². The summed E-state index contributed by atoms with van der Waals surface area (Å²) in [7, 11) is 0. The largest absolute Gasteiger partial charge is 0.393 e. The lowest BCUT2D eigenvalue weighted by Gasteiger charge is -2.30. The summed E-state index contributed by atoms with van der Waals surface area (Å²) in [5.74, 6) is 0.159. The summed E-state index contributed by atoms with van der Waals surface area (Å²) in [5.41, 5.74) is 1.11. The number of hydrogen-bond donors (Lipinski definition) is 1. The molecule has 1 aliphatic carbocycles. The van der Waals surface area contributed by atoms with Crippen molar-refractivity contribution in [3.05, 3.63) is 35.6 Å². The van der Waals surface area contributed by atoms with E-state index in [2.05, 4.69) is 4.90 Å². The van der Waals surface area contributed by atoms with Gasteiger partial charge in [-0.1, -0.05) is 12.1 Å². The first kappa shape index (κ1) is 17.4. The van der Waals surface area contributed by atoms with Gasteiger partial charge in [0.25, 0.3) is 0 Å². The summed E-state index contributed by atoms with van der Waals surface area (Å²) in [5, 5.41) is 9.60. The molecule has 0 bridgehead atoms. The second-order valence-corrected chi connectivity index (χ2v) is 7.09. The molecule has 1 amide bonds. The second kappa shape index (κ2) is 8.08. The molecule has 1 heterocycles. The molecule has 1 saturated carbocycles. The first-order valence-electron chi connectivity index (χ1n) is 9.05. The second-order valence-electron chi connectivity index (χ2n) is 7.09. The van der Waals surface area contributed by atoms with E-state index in [9.17, 15) is 14.3 Å². The highest BCUT2D eigenvalue weighted by Crippen LogP contribution is 2.26. The smallest absolute Gasteiger partial charge is 0.225 e. The molecule has 3 rings (SSSR count). The van der Waals surface area contributed by atoms with Crippen molar-refractivity contribution in [3.8, 4) is 0 Å². The maximum Gasteiger partial charge on any atom is 0.225 e. The lowest BCUT2D eigenvalue weighted by atomic mass is 9.86. The number of benzene rings is 1. The number of aliphatic hydroxyl groups is 1. The first-order chi connectivity index (χ1) is 11.6. The molecule has 0 atom stereocenters. The third-order valence-electron chi connectivity index (χ3n) is 5.27. The summed E-state index contributed by atoms with van der Waals surface area (Å²) >= 11 is 0. The molecule has 0 spiro atoms. The molecule has 0 radical (unpaired) electrons. The molecular weight excluding hydrogens is 307 g/mol. The van der Waals surface area contributed by atoms with Crippen LogP contribution in [-0.2, 0) is 11.3 Å². The van der Waals surface area contributed by atoms with E-state index in [0.717, 1.165) is 70.4 Å². The predicted molar refractivity (Wildman–Crippen MR) is 90.8 cm³/mol. The van der Waals surface area contributed by atoms with Crippen molar-refractivity contribution in [1.82, 2.24) is 9.80 Å². The number of carbonyl (C=O) groups excluding carboxylic acids is 1. The van der Waals surface area contributed by atoms with Crippen LogP contribution in [0.1, 0.15) is 37.7 Å². The Bertz CT molecular complexity index is 541. The predicted octanol–water partition coefficient (Wildman–Crippen LogP) is 2.41.